The topological polar surface area (TPSA) is 66.5 Å². The van der Waals surface area contributed by atoms with Crippen molar-refractivity contribution in [2.75, 3.05) is 22.4 Å². The zero-order valence-electron chi connectivity index (χ0n) is 15.3. The molecule has 0 aliphatic rings. The number of carbonyl (C=O) groups excluding carboxylic acids is 1. The first kappa shape index (κ1) is 20.3. The van der Waals surface area contributed by atoms with E-state index in [1.54, 1.807) is 24.3 Å². The molecule has 0 unspecified atom stereocenters. The van der Waals surface area contributed by atoms with Crippen LogP contribution in [0.2, 0.25) is 5.02 Å². The van der Waals surface area contributed by atoms with Gasteiger partial charge in [-0.2, -0.15) is 0 Å². The fourth-order valence-corrected chi connectivity index (χ4v) is 3.95. The van der Waals surface area contributed by atoms with Crippen molar-refractivity contribution in [3.05, 3.63) is 58.1 Å². The Hall–Kier alpha value is -2.05. The third kappa shape index (κ3) is 5.22. The van der Waals surface area contributed by atoms with Crippen LogP contribution in [0.25, 0.3) is 0 Å². The van der Waals surface area contributed by atoms with Crippen molar-refractivity contribution < 1.29 is 13.2 Å². The van der Waals surface area contributed by atoms with E-state index in [1.807, 2.05) is 32.9 Å². The van der Waals surface area contributed by atoms with Crippen molar-refractivity contribution in [3.63, 3.8) is 0 Å². The van der Waals surface area contributed by atoms with E-state index in [2.05, 4.69) is 5.32 Å². The Morgan fingerprint density at radius 2 is 1.77 bits per heavy atom. The second-order valence-electron chi connectivity index (χ2n) is 6.38. The third-order valence-electron chi connectivity index (χ3n) is 4.03. The van der Waals surface area contributed by atoms with Crippen LogP contribution in [0.15, 0.2) is 36.4 Å². The van der Waals surface area contributed by atoms with Crippen LogP contribution in [-0.4, -0.2) is 27.1 Å². The predicted molar refractivity (Wildman–Crippen MR) is 108 cm³/mol. The molecule has 0 aliphatic carbocycles. The molecule has 0 saturated heterocycles. The molecule has 0 fully saturated rings. The van der Waals surface area contributed by atoms with Gasteiger partial charge in [0.2, 0.25) is 15.9 Å². The average Bonchev–Trinajstić information content (AvgIpc) is 2.51. The van der Waals surface area contributed by atoms with Gasteiger partial charge in [-0.3, -0.25) is 9.10 Å². The molecule has 0 heterocycles. The van der Waals surface area contributed by atoms with Crippen molar-refractivity contribution in [2.45, 2.75) is 27.2 Å². The van der Waals surface area contributed by atoms with E-state index < -0.39 is 10.0 Å². The summed E-state index contributed by atoms with van der Waals surface area (Å²) in [6.07, 6.45) is 1.19. The molecule has 0 spiro atoms. The zero-order valence-corrected chi connectivity index (χ0v) is 16.9. The molecule has 0 bridgehead atoms. The van der Waals surface area contributed by atoms with Crippen LogP contribution in [-0.2, 0) is 14.8 Å². The number of amides is 1. The van der Waals surface area contributed by atoms with Crippen molar-refractivity contribution in [1.82, 2.24) is 0 Å². The fourth-order valence-electron chi connectivity index (χ4n) is 2.73. The Balaban J connectivity index is 2.13. The average molecular weight is 395 g/mol. The van der Waals surface area contributed by atoms with Gasteiger partial charge in [-0.1, -0.05) is 29.3 Å². The lowest BCUT2D eigenvalue weighted by atomic mass is 10.1. The van der Waals surface area contributed by atoms with E-state index in [9.17, 15) is 13.2 Å². The highest BCUT2D eigenvalue weighted by Crippen LogP contribution is 2.24. The molecule has 2 rings (SSSR count). The van der Waals surface area contributed by atoms with Crippen LogP contribution in [0.4, 0.5) is 11.4 Å². The van der Waals surface area contributed by atoms with Crippen molar-refractivity contribution in [1.29, 1.82) is 0 Å². The van der Waals surface area contributed by atoms with Crippen molar-refractivity contribution in [2.24, 2.45) is 0 Å². The van der Waals surface area contributed by atoms with Gasteiger partial charge in [0.15, 0.2) is 0 Å². The van der Waals surface area contributed by atoms with Crippen molar-refractivity contribution in [3.8, 4) is 0 Å². The van der Waals surface area contributed by atoms with Gasteiger partial charge in [-0.15, -0.1) is 0 Å². The lowest BCUT2D eigenvalue weighted by molar-refractivity contribution is -0.116. The number of anilines is 2. The number of carbonyl (C=O) groups is 1. The summed E-state index contributed by atoms with van der Waals surface area (Å²) >= 11 is 5.91. The first-order valence-corrected chi connectivity index (χ1v) is 10.4. The molecule has 1 N–H and O–H groups in total. The van der Waals surface area contributed by atoms with Crippen LogP contribution in [0.5, 0.6) is 0 Å². The molecular formula is C19H23ClN2O3S. The lowest BCUT2D eigenvalue weighted by Gasteiger charge is -2.24. The monoisotopic (exact) mass is 394 g/mol. The molecule has 140 valence electrons. The highest BCUT2D eigenvalue weighted by Gasteiger charge is 2.20. The minimum Gasteiger partial charge on any atom is -0.326 e. The quantitative estimate of drug-likeness (QED) is 0.803. The van der Waals surface area contributed by atoms with E-state index in [1.165, 1.54) is 4.31 Å². The number of benzene rings is 2. The summed E-state index contributed by atoms with van der Waals surface area (Å²) in [5.74, 6) is -0.256. The Kier molecular flexibility index (Phi) is 6.31. The smallest absolute Gasteiger partial charge is 0.232 e. The van der Waals surface area contributed by atoms with Gasteiger partial charge < -0.3 is 5.32 Å². The van der Waals surface area contributed by atoms with Gasteiger partial charge in [-0.05, 0) is 56.2 Å². The standard InChI is InChI=1S/C19H23ClN2O3S/c1-13-5-8-18(15(3)11-13)22(26(4,24)25)10-9-19(23)21-17-7-6-16(20)12-14(17)2/h5-8,11-12H,9-10H2,1-4H3,(H,21,23). The Labute approximate surface area is 160 Å². The number of sulfonamides is 1. The molecule has 0 atom stereocenters. The van der Waals surface area contributed by atoms with Crippen LogP contribution in [0, 0.1) is 20.8 Å². The minimum absolute atomic E-state index is 0.0441. The fraction of sp³-hybridized carbons (Fsp3) is 0.316. The summed E-state index contributed by atoms with van der Waals surface area (Å²) in [4.78, 5) is 12.3. The number of rotatable bonds is 6. The van der Waals surface area contributed by atoms with Crippen LogP contribution >= 0.6 is 11.6 Å². The molecule has 1 amide bonds. The predicted octanol–water partition coefficient (Wildman–Crippen LogP) is 4.06. The summed E-state index contributed by atoms with van der Waals surface area (Å²) in [6, 6.07) is 10.7. The van der Waals surface area contributed by atoms with Gasteiger partial charge >= 0.3 is 0 Å². The highest BCUT2D eigenvalue weighted by molar-refractivity contribution is 7.92. The number of nitrogens with zero attached hydrogens (tertiary/aromatic N) is 1. The van der Waals surface area contributed by atoms with Crippen molar-refractivity contribution >= 4 is 38.9 Å². The molecule has 5 nitrogen and oxygen atoms in total. The van der Waals surface area contributed by atoms with E-state index in [-0.39, 0.29) is 18.9 Å². The second-order valence-corrected chi connectivity index (χ2v) is 8.73. The molecule has 7 heteroatoms. The summed E-state index contributed by atoms with van der Waals surface area (Å²) in [5.41, 5.74) is 4.01. The summed E-state index contributed by atoms with van der Waals surface area (Å²) in [5, 5.41) is 3.40. The maximum atomic E-state index is 12.3. The normalized spacial score (nSPS) is 11.3. The molecule has 2 aromatic carbocycles. The zero-order chi connectivity index (χ0) is 19.5. The Morgan fingerprint density at radius 1 is 1.08 bits per heavy atom. The van der Waals surface area contributed by atoms with Gasteiger partial charge in [0.05, 0.1) is 11.9 Å². The minimum atomic E-state index is -3.50. The molecule has 0 saturated carbocycles. The molecule has 0 radical (unpaired) electrons. The molecular weight excluding hydrogens is 372 g/mol. The first-order valence-electron chi connectivity index (χ1n) is 8.19. The Bertz CT molecular complexity index is 926. The van der Waals surface area contributed by atoms with Gasteiger partial charge in [0.25, 0.3) is 0 Å². The van der Waals surface area contributed by atoms with Crippen LogP contribution in [0.1, 0.15) is 23.1 Å². The number of aryl methyl sites for hydroxylation is 3. The summed E-state index contributed by atoms with van der Waals surface area (Å²) in [7, 11) is -3.50. The Morgan fingerprint density at radius 3 is 2.35 bits per heavy atom. The molecule has 0 aromatic heterocycles. The highest BCUT2D eigenvalue weighted by atomic mass is 35.5. The summed E-state index contributed by atoms with van der Waals surface area (Å²) < 4.78 is 25.7. The van der Waals surface area contributed by atoms with E-state index in [4.69, 9.17) is 11.6 Å². The van der Waals surface area contributed by atoms with Crippen LogP contribution in [0.3, 0.4) is 0 Å². The van der Waals surface area contributed by atoms with Gasteiger partial charge in [0.1, 0.15) is 0 Å². The maximum Gasteiger partial charge on any atom is 0.232 e. The van der Waals surface area contributed by atoms with E-state index in [0.717, 1.165) is 22.9 Å². The molecule has 0 aliphatic heterocycles. The molecule has 26 heavy (non-hydrogen) atoms. The van der Waals surface area contributed by atoms with Crippen LogP contribution < -0.4 is 9.62 Å². The number of nitrogens with one attached hydrogen (secondary N) is 1. The van der Waals surface area contributed by atoms with Gasteiger partial charge in [0, 0.05) is 23.7 Å². The SMILES string of the molecule is Cc1ccc(N(CCC(=O)Nc2ccc(Cl)cc2C)S(C)(=O)=O)c(C)c1. The lowest BCUT2D eigenvalue weighted by Crippen LogP contribution is -2.33. The first-order chi connectivity index (χ1) is 12.1. The summed E-state index contributed by atoms with van der Waals surface area (Å²) in [6.45, 7) is 5.72. The van der Waals surface area contributed by atoms with E-state index in [0.29, 0.717) is 16.4 Å². The van der Waals surface area contributed by atoms with Gasteiger partial charge in [-0.25, -0.2) is 8.42 Å². The largest absolute Gasteiger partial charge is 0.326 e. The molecule has 2 aromatic rings. The third-order valence-corrected chi connectivity index (χ3v) is 5.44. The second kappa shape index (κ2) is 8.10. The number of hydrogen-bond acceptors (Lipinski definition) is 3. The number of hydrogen-bond donors (Lipinski definition) is 1. The maximum absolute atomic E-state index is 12.3. The number of halogens is 1. The van der Waals surface area contributed by atoms with E-state index >= 15 is 0 Å².